The Morgan fingerprint density at radius 1 is 0.811 bits per heavy atom. The molecule has 1 saturated carbocycles. The summed E-state index contributed by atoms with van der Waals surface area (Å²) in [5.74, 6) is 2.41. The van der Waals surface area contributed by atoms with E-state index in [1.807, 2.05) is 12.1 Å². The van der Waals surface area contributed by atoms with Gasteiger partial charge in [-0.15, -0.1) is 0 Å². The van der Waals surface area contributed by atoms with Crippen LogP contribution in [0.4, 0.5) is 0 Å². The Balaban J connectivity index is 1.35. The van der Waals surface area contributed by atoms with Gasteiger partial charge in [0, 0.05) is 18.8 Å². The van der Waals surface area contributed by atoms with Gasteiger partial charge in [0.2, 0.25) is 0 Å². The SMILES string of the molecule is CCC(C)(C)c1cc(C2CC(CO)C(c3ccc(OCC4CO4)cc3)CC2CO)ccc1OCC1CO1. The molecule has 0 bridgehead atoms. The number of hydrogen-bond acceptors (Lipinski definition) is 6. The smallest absolute Gasteiger partial charge is 0.123 e. The van der Waals surface area contributed by atoms with Crippen LogP contribution in [0.5, 0.6) is 11.5 Å². The number of aliphatic hydroxyl groups is 2. The topological polar surface area (TPSA) is 84.0 Å². The fraction of sp³-hybridized carbons (Fsp3) is 0.613. The summed E-state index contributed by atoms with van der Waals surface area (Å²) in [5, 5.41) is 20.9. The van der Waals surface area contributed by atoms with Gasteiger partial charge in [-0.3, -0.25) is 0 Å². The van der Waals surface area contributed by atoms with Crippen LogP contribution < -0.4 is 9.47 Å². The van der Waals surface area contributed by atoms with Gasteiger partial charge in [0.25, 0.3) is 0 Å². The maximum absolute atomic E-state index is 10.5. The van der Waals surface area contributed by atoms with Crippen LogP contribution in [0.2, 0.25) is 0 Å². The Morgan fingerprint density at radius 3 is 1.89 bits per heavy atom. The molecule has 0 spiro atoms. The molecule has 6 atom stereocenters. The van der Waals surface area contributed by atoms with Crippen molar-refractivity contribution in [1.29, 1.82) is 0 Å². The third kappa shape index (κ3) is 6.31. The third-order valence-electron chi connectivity index (χ3n) is 8.74. The fourth-order valence-corrected chi connectivity index (χ4v) is 5.72. The highest BCUT2D eigenvalue weighted by molar-refractivity contribution is 5.44. The van der Waals surface area contributed by atoms with Crippen molar-refractivity contribution in [2.45, 2.75) is 69.5 Å². The zero-order valence-corrected chi connectivity index (χ0v) is 22.4. The average molecular weight is 511 g/mol. The van der Waals surface area contributed by atoms with Crippen molar-refractivity contribution < 1.29 is 29.2 Å². The van der Waals surface area contributed by atoms with Crippen LogP contribution in [-0.2, 0) is 14.9 Å². The standard InChI is InChI=1S/C31H42O6/c1-4-31(2,3)29-13-21(7-10-30(29)37-19-26-18-36-26)28-12-22(14-32)27(11-23(28)15-33)20-5-8-24(9-6-20)34-16-25-17-35-25/h5-10,13,22-23,25-28,32-33H,4,11-12,14-19H2,1-3H3. The first-order valence-electron chi connectivity index (χ1n) is 13.9. The zero-order chi connectivity index (χ0) is 26.0. The minimum atomic E-state index is -0.0342. The summed E-state index contributed by atoms with van der Waals surface area (Å²) in [6.45, 7) is 9.72. The highest BCUT2D eigenvalue weighted by Crippen LogP contribution is 2.49. The molecule has 2 aliphatic heterocycles. The van der Waals surface area contributed by atoms with E-state index in [0.717, 1.165) is 44.0 Å². The first-order valence-corrected chi connectivity index (χ1v) is 13.9. The summed E-state index contributed by atoms with van der Waals surface area (Å²) in [7, 11) is 0. The van der Waals surface area contributed by atoms with Crippen molar-refractivity contribution in [3.05, 3.63) is 59.2 Å². The van der Waals surface area contributed by atoms with Gasteiger partial charge in [-0.2, -0.15) is 0 Å². The minimum absolute atomic E-state index is 0.0342. The van der Waals surface area contributed by atoms with Crippen LogP contribution >= 0.6 is 0 Å². The van der Waals surface area contributed by atoms with Crippen molar-refractivity contribution in [2.24, 2.45) is 11.8 Å². The Hall–Kier alpha value is -2.12. The molecule has 3 aliphatic rings. The van der Waals surface area contributed by atoms with Crippen molar-refractivity contribution in [3.63, 3.8) is 0 Å². The van der Waals surface area contributed by atoms with Gasteiger partial charge in [-0.05, 0) is 77.7 Å². The Morgan fingerprint density at radius 2 is 1.35 bits per heavy atom. The number of rotatable bonds is 12. The fourth-order valence-electron chi connectivity index (χ4n) is 5.72. The van der Waals surface area contributed by atoms with Crippen molar-refractivity contribution in [1.82, 2.24) is 0 Å². The molecule has 2 saturated heterocycles. The first kappa shape index (κ1) is 26.5. The highest BCUT2D eigenvalue weighted by atomic mass is 16.6. The van der Waals surface area contributed by atoms with E-state index in [4.69, 9.17) is 18.9 Å². The van der Waals surface area contributed by atoms with Crippen LogP contribution in [0.15, 0.2) is 42.5 Å². The monoisotopic (exact) mass is 510 g/mol. The molecule has 0 radical (unpaired) electrons. The van der Waals surface area contributed by atoms with Gasteiger partial charge < -0.3 is 29.2 Å². The summed E-state index contributed by atoms with van der Waals surface area (Å²) >= 11 is 0. The molecule has 6 heteroatoms. The Labute approximate surface area is 220 Å². The van der Waals surface area contributed by atoms with E-state index in [9.17, 15) is 10.2 Å². The second-order valence-electron chi connectivity index (χ2n) is 11.7. The third-order valence-corrected chi connectivity index (χ3v) is 8.74. The summed E-state index contributed by atoms with van der Waals surface area (Å²) < 4.78 is 22.5. The molecular formula is C31H42O6. The van der Waals surface area contributed by atoms with Crippen LogP contribution in [-0.4, -0.2) is 62.1 Å². The van der Waals surface area contributed by atoms with E-state index in [0.29, 0.717) is 13.2 Å². The molecule has 3 fully saturated rings. The van der Waals surface area contributed by atoms with Crippen molar-refractivity contribution in [3.8, 4) is 11.5 Å². The predicted octanol–water partition coefficient (Wildman–Crippen LogP) is 4.81. The second kappa shape index (κ2) is 11.3. The normalized spacial score (nSPS) is 29.1. The van der Waals surface area contributed by atoms with Crippen LogP contribution in [0.25, 0.3) is 0 Å². The van der Waals surface area contributed by atoms with Crippen LogP contribution in [0.1, 0.15) is 68.6 Å². The van der Waals surface area contributed by atoms with Crippen LogP contribution in [0, 0.1) is 11.8 Å². The van der Waals surface area contributed by atoms with E-state index in [2.05, 4.69) is 51.1 Å². The summed E-state index contributed by atoms with van der Waals surface area (Å²) in [6.07, 6.45) is 3.12. The molecular weight excluding hydrogens is 468 g/mol. The lowest BCUT2D eigenvalue weighted by Gasteiger charge is -2.41. The molecule has 5 rings (SSSR count). The lowest BCUT2D eigenvalue weighted by Crippen LogP contribution is -2.33. The molecule has 1 aliphatic carbocycles. The minimum Gasteiger partial charge on any atom is -0.491 e. The van der Waals surface area contributed by atoms with Gasteiger partial charge in [-0.1, -0.05) is 45.0 Å². The average Bonchev–Trinajstić information content (AvgIpc) is 3.86. The van der Waals surface area contributed by atoms with Gasteiger partial charge in [-0.25, -0.2) is 0 Å². The quantitative estimate of drug-likeness (QED) is 0.399. The van der Waals surface area contributed by atoms with E-state index in [1.54, 1.807) is 0 Å². The molecule has 6 nitrogen and oxygen atoms in total. The van der Waals surface area contributed by atoms with E-state index in [1.165, 1.54) is 16.7 Å². The van der Waals surface area contributed by atoms with E-state index in [-0.39, 0.29) is 54.5 Å². The molecule has 2 heterocycles. The lowest BCUT2D eigenvalue weighted by molar-refractivity contribution is 0.0936. The predicted molar refractivity (Wildman–Crippen MR) is 143 cm³/mol. The van der Waals surface area contributed by atoms with Gasteiger partial charge in [0.05, 0.1) is 13.2 Å². The number of hydrogen-bond donors (Lipinski definition) is 2. The van der Waals surface area contributed by atoms with E-state index >= 15 is 0 Å². The first-order chi connectivity index (χ1) is 17.9. The van der Waals surface area contributed by atoms with Gasteiger partial charge in [0.1, 0.15) is 36.9 Å². The van der Waals surface area contributed by atoms with Crippen molar-refractivity contribution >= 4 is 0 Å². The highest BCUT2D eigenvalue weighted by Gasteiger charge is 2.39. The molecule has 2 N–H and O–H groups in total. The molecule has 0 amide bonds. The number of benzene rings is 2. The lowest BCUT2D eigenvalue weighted by atomic mass is 9.64. The second-order valence-corrected chi connectivity index (χ2v) is 11.7. The maximum atomic E-state index is 10.5. The molecule has 202 valence electrons. The summed E-state index contributed by atoms with van der Waals surface area (Å²) in [4.78, 5) is 0. The Kier molecular flexibility index (Phi) is 8.10. The van der Waals surface area contributed by atoms with E-state index < -0.39 is 0 Å². The summed E-state index contributed by atoms with van der Waals surface area (Å²) in [5.41, 5.74) is 3.60. The largest absolute Gasteiger partial charge is 0.491 e. The maximum Gasteiger partial charge on any atom is 0.123 e. The number of ether oxygens (including phenoxy) is 4. The van der Waals surface area contributed by atoms with Gasteiger partial charge >= 0.3 is 0 Å². The zero-order valence-electron chi connectivity index (χ0n) is 22.4. The molecule has 2 aromatic carbocycles. The molecule has 37 heavy (non-hydrogen) atoms. The summed E-state index contributed by atoms with van der Waals surface area (Å²) in [6, 6.07) is 14.8. The number of epoxide rings is 2. The molecule has 2 aromatic rings. The number of aliphatic hydroxyl groups excluding tert-OH is 2. The molecule has 0 aromatic heterocycles. The molecule has 6 unspecified atom stereocenters. The Bertz CT molecular complexity index is 1030. The van der Waals surface area contributed by atoms with Crippen molar-refractivity contribution in [2.75, 3.05) is 39.6 Å². The van der Waals surface area contributed by atoms with Gasteiger partial charge in [0.15, 0.2) is 0 Å². The van der Waals surface area contributed by atoms with Crippen LogP contribution in [0.3, 0.4) is 0 Å².